The van der Waals surface area contributed by atoms with Crippen molar-refractivity contribution in [1.82, 2.24) is 4.57 Å². The van der Waals surface area contributed by atoms with Crippen molar-refractivity contribution in [3.05, 3.63) is 54.4 Å². The van der Waals surface area contributed by atoms with Gasteiger partial charge in [-0.25, -0.2) is 0 Å². The van der Waals surface area contributed by atoms with Crippen LogP contribution in [0.1, 0.15) is 10.9 Å². The van der Waals surface area contributed by atoms with Crippen LogP contribution in [-0.2, 0) is 10.1 Å². The molecule has 6 nitrogen and oxygen atoms in total. The van der Waals surface area contributed by atoms with Gasteiger partial charge < -0.3 is 9.99 Å². The van der Waals surface area contributed by atoms with Crippen LogP contribution in [0.2, 0.25) is 0 Å². The molecule has 0 fully saturated rings. The largest absolute Gasteiger partial charge is 0.331 e. The van der Waals surface area contributed by atoms with E-state index in [0.717, 1.165) is 0 Å². The van der Waals surface area contributed by atoms with Crippen LogP contribution in [0.3, 0.4) is 0 Å². The maximum Gasteiger partial charge on any atom is 0.291 e. The van der Waals surface area contributed by atoms with E-state index in [-0.39, 0.29) is 0 Å². The number of hydrazine groups is 1. The van der Waals surface area contributed by atoms with Gasteiger partial charge in [0.15, 0.2) is 5.37 Å². The number of rotatable bonds is 4. The highest BCUT2D eigenvalue weighted by Gasteiger charge is 2.26. The molecule has 0 spiro atoms. The Bertz CT molecular complexity index is 605. The molecule has 18 heavy (non-hydrogen) atoms. The smallest absolute Gasteiger partial charge is 0.291 e. The Kier molecular flexibility index (Phi) is 3.37. The van der Waals surface area contributed by atoms with Gasteiger partial charge in [0.25, 0.3) is 10.1 Å². The molecule has 0 saturated carbocycles. The second kappa shape index (κ2) is 4.81. The van der Waals surface area contributed by atoms with Crippen molar-refractivity contribution < 1.29 is 13.0 Å². The summed E-state index contributed by atoms with van der Waals surface area (Å²) in [6, 6.07) is 9.83. The van der Waals surface area contributed by atoms with Gasteiger partial charge in [-0.15, -0.1) is 0 Å². The second-order valence-electron chi connectivity index (χ2n) is 3.76. The molecule has 1 aromatic carbocycles. The van der Waals surface area contributed by atoms with E-state index in [1.165, 1.54) is 4.57 Å². The molecule has 0 aliphatic heterocycles. The molecule has 1 unspecified atom stereocenters. The van der Waals surface area contributed by atoms with Crippen LogP contribution in [0.15, 0.2) is 48.8 Å². The van der Waals surface area contributed by atoms with Gasteiger partial charge in [-0.3, -0.25) is 10.4 Å². The molecule has 0 saturated heterocycles. The third-order valence-electron chi connectivity index (χ3n) is 2.54. The lowest BCUT2D eigenvalue weighted by Gasteiger charge is -2.16. The van der Waals surface area contributed by atoms with Crippen molar-refractivity contribution in [2.75, 3.05) is 5.43 Å². The summed E-state index contributed by atoms with van der Waals surface area (Å²) in [6.07, 6.45) is 3.15. The first kappa shape index (κ1) is 12.6. The molecule has 0 bridgehead atoms. The zero-order valence-electron chi connectivity index (χ0n) is 9.39. The Hall–Kier alpha value is -1.83. The van der Waals surface area contributed by atoms with Gasteiger partial charge in [0.05, 0.1) is 0 Å². The Balaban J connectivity index is 2.47. The fourth-order valence-electron chi connectivity index (χ4n) is 1.75. The van der Waals surface area contributed by atoms with Crippen LogP contribution < -0.4 is 11.3 Å². The summed E-state index contributed by atoms with van der Waals surface area (Å²) in [5.74, 6) is 5.23. The standard InChI is InChI=1S/C11H13N3O3S/c12-13-10-5-3-9(4-6-10)11(18(15,16)17)14-7-1-2-8-14/h1-8,11,13H,12H2,(H,15,16,17). The normalized spacial score (nSPS) is 13.2. The number of benzene rings is 1. The van der Waals surface area contributed by atoms with Gasteiger partial charge in [-0.05, 0) is 29.8 Å². The second-order valence-corrected chi connectivity index (χ2v) is 5.24. The van der Waals surface area contributed by atoms with Gasteiger partial charge in [-0.2, -0.15) is 8.42 Å². The summed E-state index contributed by atoms with van der Waals surface area (Å²) < 4.78 is 33.7. The van der Waals surface area contributed by atoms with E-state index in [1.54, 1.807) is 48.8 Å². The average Bonchev–Trinajstić information content (AvgIpc) is 2.82. The number of nitrogens with one attached hydrogen (secondary N) is 1. The van der Waals surface area contributed by atoms with Gasteiger partial charge >= 0.3 is 0 Å². The molecule has 2 rings (SSSR count). The Morgan fingerprint density at radius 3 is 2.17 bits per heavy atom. The summed E-state index contributed by atoms with van der Waals surface area (Å²) in [6.45, 7) is 0. The van der Waals surface area contributed by atoms with E-state index >= 15 is 0 Å². The Labute approximate surface area is 105 Å². The number of nitrogens with two attached hydrogens (primary N) is 1. The highest BCUT2D eigenvalue weighted by molar-refractivity contribution is 7.86. The SMILES string of the molecule is NNc1ccc(C(n2cccc2)S(=O)(=O)O)cc1. The Morgan fingerprint density at radius 2 is 1.72 bits per heavy atom. The van der Waals surface area contributed by atoms with Crippen LogP contribution in [0.5, 0.6) is 0 Å². The first-order valence-electron chi connectivity index (χ1n) is 5.17. The highest BCUT2D eigenvalue weighted by Crippen LogP contribution is 2.24. The van der Waals surface area contributed by atoms with Gasteiger partial charge in [0.1, 0.15) is 0 Å². The highest BCUT2D eigenvalue weighted by atomic mass is 32.2. The molecule has 2 aromatic rings. The summed E-state index contributed by atoms with van der Waals surface area (Å²) >= 11 is 0. The third-order valence-corrected chi connectivity index (χ3v) is 3.62. The summed E-state index contributed by atoms with van der Waals surface area (Å²) in [7, 11) is -4.25. The van der Waals surface area contributed by atoms with E-state index in [2.05, 4.69) is 5.43 Å². The molecule has 4 N–H and O–H groups in total. The van der Waals surface area contributed by atoms with Crippen molar-refractivity contribution in [2.24, 2.45) is 5.84 Å². The number of nitrogen functional groups attached to an aromatic ring is 1. The van der Waals surface area contributed by atoms with E-state index in [4.69, 9.17) is 5.84 Å². The summed E-state index contributed by atoms with van der Waals surface area (Å²) in [5, 5.41) is -1.15. The molecular weight excluding hydrogens is 254 g/mol. The van der Waals surface area contributed by atoms with Crippen LogP contribution in [0.25, 0.3) is 0 Å². The van der Waals surface area contributed by atoms with Crippen LogP contribution in [-0.4, -0.2) is 17.5 Å². The van der Waals surface area contributed by atoms with E-state index in [1.807, 2.05) is 0 Å². The molecule has 1 heterocycles. The van der Waals surface area contributed by atoms with Crippen molar-refractivity contribution in [3.63, 3.8) is 0 Å². The molecule has 1 aromatic heterocycles. The fourth-order valence-corrected chi connectivity index (χ4v) is 2.70. The molecular formula is C11H13N3O3S. The Morgan fingerprint density at radius 1 is 1.17 bits per heavy atom. The summed E-state index contributed by atoms with van der Waals surface area (Å²) in [4.78, 5) is 0. The van der Waals surface area contributed by atoms with Crippen LogP contribution in [0.4, 0.5) is 5.69 Å². The molecule has 0 radical (unpaired) electrons. The molecule has 0 amide bonds. The molecule has 1 atom stereocenters. The lowest BCUT2D eigenvalue weighted by Crippen LogP contribution is -2.19. The number of aromatic nitrogens is 1. The quantitative estimate of drug-likeness (QED) is 0.439. The van der Waals surface area contributed by atoms with Gasteiger partial charge in [0.2, 0.25) is 0 Å². The predicted molar refractivity (Wildman–Crippen MR) is 68.4 cm³/mol. The van der Waals surface area contributed by atoms with E-state index in [0.29, 0.717) is 11.3 Å². The molecule has 7 heteroatoms. The number of hydrogen-bond donors (Lipinski definition) is 3. The molecule has 96 valence electrons. The maximum absolute atomic E-state index is 11.5. The van der Waals surface area contributed by atoms with Crippen LogP contribution >= 0.6 is 0 Å². The molecule has 0 aliphatic rings. The minimum absolute atomic E-state index is 0.452. The topological polar surface area (TPSA) is 97.4 Å². The zero-order chi connectivity index (χ0) is 13.2. The fraction of sp³-hybridized carbons (Fsp3) is 0.0909. The van der Waals surface area contributed by atoms with Gasteiger partial charge in [0, 0.05) is 18.1 Å². The number of anilines is 1. The zero-order valence-corrected chi connectivity index (χ0v) is 10.2. The average molecular weight is 267 g/mol. The lowest BCUT2D eigenvalue weighted by molar-refractivity contribution is 0.459. The van der Waals surface area contributed by atoms with Crippen molar-refractivity contribution in [2.45, 2.75) is 5.37 Å². The molecule has 0 aliphatic carbocycles. The van der Waals surface area contributed by atoms with E-state index in [9.17, 15) is 13.0 Å². The number of hydrogen-bond acceptors (Lipinski definition) is 4. The maximum atomic E-state index is 11.5. The first-order chi connectivity index (χ1) is 8.52. The predicted octanol–water partition coefficient (Wildman–Crippen LogP) is 1.21. The van der Waals surface area contributed by atoms with Crippen molar-refractivity contribution in [1.29, 1.82) is 0 Å². The summed E-state index contributed by atoms with van der Waals surface area (Å²) in [5.41, 5.74) is 3.55. The monoisotopic (exact) mass is 267 g/mol. The minimum Gasteiger partial charge on any atom is -0.331 e. The van der Waals surface area contributed by atoms with E-state index < -0.39 is 15.5 Å². The van der Waals surface area contributed by atoms with Crippen molar-refractivity contribution >= 4 is 15.8 Å². The third kappa shape index (κ3) is 2.53. The van der Waals surface area contributed by atoms with Gasteiger partial charge in [-0.1, -0.05) is 12.1 Å². The first-order valence-corrected chi connectivity index (χ1v) is 6.68. The van der Waals surface area contributed by atoms with Crippen LogP contribution in [0, 0.1) is 0 Å². The lowest BCUT2D eigenvalue weighted by atomic mass is 10.2. The minimum atomic E-state index is -4.25. The van der Waals surface area contributed by atoms with Crippen molar-refractivity contribution in [3.8, 4) is 0 Å². The number of nitrogens with zero attached hydrogens (tertiary/aromatic N) is 1.